The number of methoxy groups -OCH3 is 1. The second-order valence-electron chi connectivity index (χ2n) is 5.94. The smallest absolute Gasteiger partial charge is 0.142 e. The molecular weight excluding hydrogens is 278 g/mol. The fourth-order valence-corrected chi connectivity index (χ4v) is 2.65. The lowest BCUT2D eigenvalue weighted by Gasteiger charge is -2.30. The number of hydrogen-bond acceptors (Lipinski definition) is 5. The minimum Gasteiger partial charge on any atom is -0.495 e. The van der Waals surface area contributed by atoms with Gasteiger partial charge in [-0.3, -0.25) is 0 Å². The summed E-state index contributed by atoms with van der Waals surface area (Å²) in [4.78, 5) is 4.54. The zero-order valence-corrected chi connectivity index (χ0v) is 14.1. The summed E-state index contributed by atoms with van der Waals surface area (Å²) in [7, 11) is 5.96. The van der Waals surface area contributed by atoms with Crippen LogP contribution in [0.2, 0.25) is 0 Å². The summed E-state index contributed by atoms with van der Waals surface area (Å²) in [5.74, 6) is 0.953. The van der Waals surface area contributed by atoms with Gasteiger partial charge in [-0.15, -0.1) is 0 Å². The van der Waals surface area contributed by atoms with Gasteiger partial charge in [0.1, 0.15) is 5.75 Å². The van der Waals surface area contributed by atoms with Crippen LogP contribution in [0, 0.1) is 0 Å². The zero-order valence-electron chi connectivity index (χ0n) is 14.1. The molecule has 1 aromatic carbocycles. The molecule has 2 rings (SSSR count). The summed E-state index contributed by atoms with van der Waals surface area (Å²) in [5.41, 5.74) is 2.43. The molecule has 0 unspecified atom stereocenters. The lowest BCUT2D eigenvalue weighted by atomic mass is 10.1. The van der Waals surface area contributed by atoms with Crippen molar-refractivity contribution in [2.24, 2.45) is 0 Å². The fourth-order valence-electron chi connectivity index (χ4n) is 2.65. The van der Waals surface area contributed by atoms with E-state index in [1.165, 1.54) is 11.3 Å². The third-order valence-corrected chi connectivity index (χ3v) is 3.88. The number of morpholine rings is 1. The number of rotatable bonds is 8. The molecule has 1 N–H and O–H groups in total. The van der Waals surface area contributed by atoms with Crippen LogP contribution >= 0.6 is 0 Å². The first-order chi connectivity index (χ1) is 10.7. The molecule has 0 saturated carbocycles. The number of ether oxygens (including phenoxy) is 2. The second-order valence-corrected chi connectivity index (χ2v) is 5.94. The Morgan fingerprint density at radius 2 is 2.05 bits per heavy atom. The summed E-state index contributed by atoms with van der Waals surface area (Å²) in [6, 6.07) is 6.50. The summed E-state index contributed by atoms with van der Waals surface area (Å²) in [6.45, 7) is 6.47. The van der Waals surface area contributed by atoms with E-state index in [1.807, 2.05) is 0 Å². The number of anilines is 1. The minimum absolute atomic E-state index is 0.790. The molecule has 1 heterocycles. The predicted octanol–water partition coefficient (Wildman–Crippen LogP) is 1.57. The van der Waals surface area contributed by atoms with Crippen molar-refractivity contribution in [3.8, 4) is 5.75 Å². The topological polar surface area (TPSA) is 37.0 Å². The number of nitrogens with one attached hydrogen (secondary N) is 1. The quantitative estimate of drug-likeness (QED) is 0.738. The van der Waals surface area contributed by atoms with Gasteiger partial charge in [0, 0.05) is 19.6 Å². The molecule has 0 bridgehead atoms. The van der Waals surface area contributed by atoms with Crippen molar-refractivity contribution in [1.82, 2.24) is 10.2 Å². The molecule has 1 saturated heterocycles. The Morgan fingerprint density at radius 3 is 2.73 bits per heavy atom. The number of hydrogen-bond donors (Lipinski definition) is 1. The Morgan fingerprint density at radius 1 is 1.27 bits per heavy atom. The molecule has 0 aromatic heterocycles. The van der Waals surface area contributed by atoms with Crippen LogP contribution in [0.1, 0.15) is 12.0 Å². The molecule has 5 nitrogen and oxygen atoms in total. The predicted molar refractivity (Wildman–Crippen MR) is 90.9 cm³/mol. The van der Waals surface area contributed by atoms with Crippen LogP contribution in [0.3, 0.4) is 0 Å². The van der Waals surface area contributed by atoms with Crippen LogP contribution in [-0.2, 0) is 11.3 Å². The lowest BCUT2D eigenvalue weighted by molar-refractivity contribution is 0.122. The third-order valence-electron chi connectivity index (χ3n) is 3.88. The van der Waals surface area contributed by atoms with Crippen LogP contribution in [-0.4, -0.2) is 65.5 Å². The molecule has 22 heavy (non-hydrogen) atoms. The molecular formula is C17H29N3O2. The van der Waals surface area contributed by atoms with Crippen molar-refractivity contribution < 1.29 is 9.47 Å². The normalized spacial score (nSPS) is 15.4. The summed E-state index contributed by atoms with van der Waals surface area (Å²) >= 11 is 0. The maximum Gasteiger partial charge on any atom is 0.142 e. The first kappa shape index (κ1) is 17.1. The highest BCUT2D eigenvalue weighted by Crippen LogP contribution is 2.29. The molecule has 0 atom stereocenters. The van der Waals surface area contributed by atoms with Crippen molar-refractivity contribution in [3.05, 3.63) is 23.8 Å². The van der Waals surface area contributed by atoms with Gasteiger partial charge in [0.05, 0.1) is 26.0 Å². The maximum atomic E-state index is 5.58. The Kier molecular flexibility index (Phi) is 6.96. The first-order valence-corrected chi connectivity index (χ1v) is 8.06. The van der Waals surface area contributed by atoms with Gasteiger partial charge in [0.15, 0.2) is 0 Å². The van der Waals surface area contributed by atoms with Gasteiger partial charge < -0.3 is 24.6 Å². The SMILES string of the molecule is COc1cc(CNCCCN(C)C)ccc1N1CCOCC1. The van der Waals surface area contributed by atoms with Crippen LogP contribution in [0.25, 0.3) is 0 Å². The van der Waals surface area contributed by atoms with Crippen LogP contribution < -0.4 is 15.0 Å². The van der Waals surface area contributed by atoms with E-state index in [2.05, 4.69) is 47.4 Å². The van der Waals surface area contributed by atoms with Crippen LogP contribution in [0.4, 0.5) is 5.69 Å². The first-order valence-electron chi connectivity index (χ1n) is 8.06. The van der Waals surface area contributed by atoms with E-state index in [1.54, 1.807) is 7.11 Å². The van der Waals surface area contributed by atoms with E-state index in [-0.39, 0.29) is 0 Å². The van der Waals surface area contributed by atoms with Crippen molar-refractivity contribution in [2.75, 3.05) is 65.5 Å². The molecule has 1 aliphatic heterocycles. The van der Waals surface area contributed by atoms with E-state index in [0.717, 1.165) is 58.1 Å². The van der Waals surface area contributed by atoms with Gasteiger partial charge in [0.2, 0.25) is 0 Å². The van der Waals surface area contributed by atoms with E-state index >= 15 is 0 Å². The Balaban J connectivity index is 1.88. The van der Waals surface area contributed by atoms with Gasteiger partial charge in [-0.2, -0.15) is 0 Å². The molecule has 0 amide bonds. The molecule has 0 spiro atoms. The lowest BCUT2D eigenvalue weighted by Crippen LogP contribution is -2.36. The molecule has 0 radical (unpaired) electrons. The monoisotopic (exact) mass is 307 g/mol. The van der Waals surface area contributed by atoms with Crippen LogP contribution in [0.15, 0.2) is 18.2 Å². The van der Waals surface area contributed by atoms with Gasteiger partial charge in [-0.25, -0.2) is 0 Å². The number of nitrogens with zero attached hydrogens (tertiary/aromatic N) is 2. The van der Waals surface area contributed by atoms with E-state index < -0.39 is 0 Å². The zero-order chi connectivity index (χ0) is 15.8. The van der Waals surface area contributed by atoms with Gasteiger partial charge in [0.25, 0.3) is 0 Å². The fraction of sp³-hybridized carbons (Fsp3) is 0.647. The second kappa shape index (κ2) is 8.98. The number of benzene rings is 1. The maximum absolute atomic E-state index is 5.58. The summed E-state index contributed by atoms with van der Waals surface area (Å²) < 4.78 is 11.0. The van der Waals surface area contributed by atoms with E-state index in [0.29, 0.717) is 0 Å². The summed E-state index contributed by atoms with van der Waals surface area (Å²) in [6.07, 6.45) is 1.16. The standard InChI is InChI=1S/C17H29N3O2/c1-19(2)8-4-7-18-14-15-5-6-16(17(13-15)21-3)20-9-11-22-12-10-20/h5-6,13,18H,4,7-12,14H2,1-3H3. The largest absolute Gasteiger partial charge is 0.495 e. The Bertz CT molecular complexity index is 446. The van der Waals surface area contributed by atoms with Gasteiger partial charge in [-0.05, 0) is 51.3 Å². The highest BCUT2D eigenvalue weighted by Gasteiger charge is 2.15. The molecule has 5 heteroatoms. The van der Waals surface area contributed by atoms with Crippen molar-refractivity contribution >= 4 is 5.69 Å². The average molecular weight is 307 g/mol. The molecule has 1 aromatic rings. The summed E-state index contributed by atoms with van der Waals surface area (Å²) in [5, 5.41) is 3.49. The Labute approximate surface area is 134 Å². The average Bonchev–Trinajstić information content (AvgIpc) is 2.55. The molecule has 1 fully saturated rings. The van der Waals surface area contributed by atoms with Gasteiger partial charge >= 0.3 is 0 Å². The van der Waals surface area contributed by atoms with E-state index in [9.17, 15) is 0 Å². The van der Waals surface area contributed by atoms with Crippen molar-refractivity contribution in [1.29, 1.82) is 0 Å². The van der Waals surface area contributed by atoms with Crippen molar-refractivity contribution in [2.45, 2.75) is 13.0 Å². The van der Waals surface area contributed by atoms with Crippen LogP contribution in [0.5, 0.6) is 5.75 Å². The van der Waals surface area contributed by atoms with E-state index in [4.69, 9.17) is 9.47 Å². The Hall–Kier alpha value is -1.30. The molecule has 124 valence electrons. The minimum atomic E-state index is 0.790. The highest BCUT2D eigenvalue weighted by atomic mass is 16.5. The molecule has 0 aliphatic carbocycles. The highest BCUT2D eigenvalue weighted by molar-refractivity contribution is 5.60. The van der Waals surface area contributed by atoms with Gasteiger partial charge in [-0.1, -0.05) is 6.07 Å². The van der Waals surface area contributed by atoms with Crippen molar-refractivity contribution in [3.63, 3.8) is 0 Å². The molecule has 1 aliphatic rings. The third kappa shape index (κ3) is 5.16.